The van der Waals surface area contributed by atoms with Crippen molar-refractivity contribution in [2.24, 2.45) is 0 Å². The highest BCUT2D eigenvalue weighted by molar-refractivity contribution is 6.33. The largest absolute Gasteiger partial charge is 0.353 e. The topological polar surface area (TPSA) is 70.2 Å². The number of nitrogens with one attached hydrogen (secondary N) is 3. The summed E-state index contributed by atoms with van der Waals surface area (Å²) >= 11 is 5.93. The average Bonchev–Trinajstić information content (AvgIpc) is 2.98. The maximum absolute atomic E-state index is 11.8. The van der Waals surface area contributed by atoms with Gasteiger partial charge in [0.1, 0.15) is 0 Å². The molecule has 1 heterocycles. The molecule has 116 valence electrons. The van der Waals surface area contributed by atoms with Gasteiger partial charge in [-0.15, -0.1) is 12.4 Å². The normalized spacial score (nSPS) is 16.9. The van der Waals surface area contributed by atoms with Crippen LogP contribution in [-0.2, 0) is 4.79 Å². The van der Waals surface area contributed by atoms with Crippen molar-refractivity contribution in [3.05, 3.63) is 34.9 Å². The average molecular weight is 332 g/mol. The minimum absolute atomic E-state index is 0. The lowest BCUT2D eigenvalue weighted by Gasteiger charge is -2.11. The number of hydrogen-bond donors (Lipinski definition) is 3. The number of carbonyl (C=O) groups excluding carboxylic acids is 2. The summed E-state index contributed by atoms with van der Waals surface area (Å²) in [4.78, 5) is 23.6. The summed E-state index contributed by atoms with van der Waals surface area (Å²) < 4.78 is 0. The Labute approximate surface area is 135 Å². The van der Waals surface area contributed by atoms with Crippen LogP contribution in [-0.4, -0.2) is 37.5 Å². The van der Waals surface area contributed by atoms with Crippen LogP contribution in [0.15, 0.2) is 24.3 Å². The van der Waals surface area contributed by atoms with E-state index in [0.29, 0.717) is 23.7 Å². The predicted molar refractivity (Wildman–Crippen MR) is 85.1 cm³/mol. The molecule has 1 unspecified atom stereocenters. The maximum Gasteiger partial charge on any atom is 0.252 e. The number of rotatable bonds is 5. The Bertz CT molecular complexity index is 491. The smallest absolute Gasteiger partial charge is 0.252 e. The minimum Gasteiger partial charge on any atom is -0.353 e. The van der Waals surface area contributed by atoms with Crippen LogP contribution in [0, 0.1) is 0 Å². The van der Waals surface area contributed by atoms with E-state index in [9.17, 15) is 9.59 Å². The van der Waals surface area contributed by atoms with E-state index < -0.39 is 0 Å². The third kappa shape index (κ3) is 5.19. The van der Waals surface area contributed by atoms with Crippen LogP contribution < -0.4 is 16.0 Å². The summed E-state index contributed by atoms with van der Waals surface area (Å²) in [6, 6.07) is 6.78. The Balaban J connectivity index is 0.00000220. The van der Waals surface area contributed by atoms with Gasteiger partial charge >= 0.3 is 0 Å². The van der Waals surface area contributed by atoms with Crippen LogP contribution in [0.4, 0.5) is 0 Å². The van der Waals surface area contributed by atoms with Crippen LogP contribution in [0.1, 0.15) is 23.2 Å². The molecule has 3 N–H and O–H groups in total. The molecular formula is C14H19Cl2N3O2. The van der Waals surface area contributed by atoms with Gasteiger partial charge in [0, 0.05) is 13.1 Å². The molecule has 1 aromatic carbocycles. The molecule has 1 aliphatic rings. The van der Waals surface area contributed by atoms with E-state index in [1.54, 1.807) is 24.3 Å². The fourth-order valence-electron chi connectivity index (χ4n) is 2.13. The van der Waals surface area contributed by atoms with Crippen LogP contribution in [0.2, 0.25) is 5.02 Å². The molecule has 1 fully saturated rings. The number of benzene rings is 1. The molecule has 7 heteroatoms. The zero-order chi connectivity index (χ0) is 14.4. The summed E-state index contributed by atoms with van der Waals surface area (Å²) in [6.07, 6.45) is 1.90. The highest BCUT2D eigenvalue weighted by atomic mass is 35.5. The second kappa shape index (κ2) is 8.87. The molecule has 0 radical (unpaired) electrons. The van der Waals surface area contributed by atoms with E-state index in [2.05, 4.69) is 16.0 Å². The zero-order valence-electron chi connectivity index (χ0n) is 11.5. The number of halogens is 2. The van der Waals surface area contributed by atoms with Gasteiger partial charge in [-0.3, -0.25) is 9.59 Å². The predicted octanol–water partition coefficient (Wildman–Crippen LogP) is 1.36. The number of hydrogen-bond acceptors (Lipinski definition) is 3. The first-order valence-corrected chi connectivity index (χ1v) is 7.10. The van der Waals surface area contributed by atoms with Crippen molar-refractivity contribution in [1.29, 1.82) is 0 Å². The van der Waals surface area contributed by atoms with Crippen molar-refractivity contribution in [2.45, 2.75) is 18.9 Å². The van der Waals surface area contributed by atoms with E-state index in [1.807, 2.05) is 0 Å². The highest BCUT2D eigenvalue weighted by Crippen LogP contribution is 2.14. The third-order valence-corrected chi connectivity index (χ3v) is 3.53. The van der Waals surface area contributed by atoms with Crippen LogP contribution in [0.5, 0.6) is 0 Å². The van der Waals surface area contributed by atoms with Gasteiger partial charge in [-0.05, 0) is 31.5 Å². The van der Waals surface area contributed by atoms with Crippen molar-refractivity contribution in [2.75, 3.05) is 19.6 Å². The lowest BCUT2D eigenvalue weighted by atomic mass is 10.2. The molecule has 2 rings (SSSR count). The highest BCUT2D eigenvalue weighted by Gasteiger charge is 2.21. The lowest BCUT2D eigenvalue weighted by Crippen LogP contribution is -2.43. The molecule has 0 saturated carbocycles. The summed E-state index contributed by atoms with van der Waals surface area (Å²) in [5.74, 6) is -0.238. The first kappa shape index (κ1) is 17.8. The number of amides is 2. The van der Waals surface area contributed by atoms with Crippen molar-refractivity contribution in [3.8, 4) is 0 Å². The molecule has 5 nitrogen and oxygen atoms in total. The Kier molecular flexibility index (Phi) is 7.50. The Morgan fingerprint density at radius 1 is 1.24 bits per heavy atom. The molecule has 1 saturated heterocycles. The van der Waals surface area contributed by atoms with Crippen molar-refractivity contribution in [1.82, 2.24) is 16.0 Å². The fraction of sp³-hybridized carbons (Fsp3) is 0.429. The molecule has 21 heavy (non-hydrogen) atoms. The van der Waals surface area contributed by atoms with Gasteiger partial charge in [0.15, 0.2) is 0 Å². The van der Waals surface area contributed by atoms with E-state index in [4.69, 9.17) is 11.6 Å². The van der Waals surface area contributed by atoms with E-state index in [0.717, 1.165) is 19.4 Å². The van der Waals surface area contributed by atoms with Gasteiger partial charge in [0.2, 0.25) is 5.91 Å². The third-order valence-electron chi connectivity index (χ3n) is 3.21. The molecule has 2 amide bonds. The fourth-order valence-corrected chi connectivity index (χ4v) is 2.36. The van der Waals surface area contributed by atoms with Crippen LogP contribution in [0.25, 0.3) is 0 Å². The Hall–Kier alpha value is -1.30. The Morgan fingerprint density at radius 3 is 2.62 bits per heavy atom. The molecule has 0 bridgehead atoms. The summed E-state index contributed by atoms with van der Waals surface area (Å²) in [7, 11) is 0. The van der Waals surface area contributed by atoms with Gasteiger partial charge < -0.3 is 16.0 Å². The van der Waals surface area contributed by atoms with Crippen LogP contribution in [0.3, 0.4) is 0 Å². The quantitative estimate of drug-likeness (QED) is 0.713. The monoisotopic (exact) mass is 331 g/mol. The lowest BCUT2D eigenvalue weighted by molar-refractivity contribution is -0.122. The van der Waals surface area contributed by atoms with Crippen molar-refractivity contribution >= 4 is 35.8 Å². The first-order chi connectivity index (χ1) is 9.68. The van der Waals surface area contributed by atoms with Gasteiger partial charge in [-0.1, -0.05) is 23.7 Å². The van der Waals surface area contributed by atoms with Gasteiger partial charge in [0.25, 0.3) is 5.91 Å². The molecule has 0 spiro atoms. The van der Waals surface area contributed by atoms with E-state index in [1.165, 1.54) is 0 Å². The Morgan fingerprint density at radius 2 is 1.95 bits per heavy atom. The van der Waals surface area contributed by atoms with Crippen molar-refractivity contribution < 1.29 is 9.59 Å². The van der Waals surface area contributed by atoms with Gasteiger partial charge in [-0.2, -0.15) is 0 Å². The number of carbonyl (C=O) groups is 2. The summed E-state index contributed by atoms with van der Waals surface area (Å²) in [6.45, 7) is 1.68. The standard InChI is InChI=1S/C14H18ClN3O2.ClH/c15-11-5-2-1-4-10(11)13(19)17-8-9-18-14(20)12-6-3-7-16-12;/h1-2,4-5,12,16H,3,6-9H2,(H,17,19)(H,18,20);1H. The van der Waals surface area contributed by atoms with Crippen LogP contribution >= 0.6 is 24.0 Å². The van der Waals surface area contributed by atoms with E-state index >= 15 is 0 Å². The second-order valence-corrected chi connectivity index (χ2v) is 5.08. The summed E-state index contributed by atoms with van der Waals surface area (Å²) in [5.41, 5.74) is 0.443. The first-order valence-electron chi connectivity index (χ1n) is 6.72. The van der Waals surface area contributed by atoms with Crippen molar-refractivity contribution in [3.63, 3.8) is 0 Å². The molecular weight excluding hydrogens is 313 g/mol. The zero-order valence-corrected chi connectivity index (χ0v) is 13.1. The molecule has 1 atom stereocenters. The summed E-state index contributed by atoms with van der Waals surface area (Å²) in [5, 5.41) is 9.07. The van der Waals surface area contributed by atoms with Gasteiger partial charge in [0.05, 0.1) is 16.6 Å². The molecule has 0 aliphatic carbocycles. The second-order valence-electron chi connectivity index (χ2n) is 4.68. The molecule has 1 aromatic rings. The molecule has 1 aliphatic heterocycles. The maximum atomic E-state index is 11.8. The van der Waals surface area contributed by atoms with E-state index in [-0.39, 0.29) is 30.3 Å². The van der Waals surface area contributed by atoms with Gasteiger partial charge in [-0.25, -0.2) is 0 Å². The SMILES string of the molecule is Cl.O=C(NCCNC(=O)C1CCCN1)c1ccccc1Cl. The minimum atomic E-state index is -0.233. The molecule has 0 aromatic heterocycles.